The van der Waals surface area contributed by atoms with Crippen molar-refractivity contribution < 1.29 is 15.1 Å². The molecule has 0 saturated carbocycles. The van der Waals surface area contributed by atoms with E-state index in [1.54, 1.807) is 0 Å². The van der Waals surface area contributed by atoms with E-state index in [2.05, 4.69) is 5.16 Å². The summed E-state index contributed by atoms with van der Waals surface area (Å²) in [6, 6.07) is 5.97. The molecule has 0 saturated heterocycles. The van der Waals surface area contributed by atoms with Crippen LogP contribution in [0.3, 0.4) is 0 Å². The normalized spacial score (nSPS) is 11.3. The molecule has 1 rings (SSSR count). The van der Waals surface area contributed by atoms with E-state index in [0.717, 1.165) is 0 Å². The summed E-state index contributed by atoms with van der Waals surface area (Å²) in [5.41, 5.74) is -0.101. The molecule has 2 N–H and O–H groups in total. The highest BCUT2D eigenvalue weighted by atomic mass is 35.5. The third-order valence-corrected chi connectivity index (χ3v) is 1.67. The van der Waals surface area contributed by atoms with Crippen molar-refractivity contribution in [1.82, 2.24) is 0 Å². The van der Waals surface area contributed by atoms with Crippen LogP contribution in [-0.4, -0.2) is 22.0 Å². The molecular weight excluding hydrogens is 194 g/mol. The molecule has 68 valence electrons. The number of carboxylic acids is 1. The number of carbonyl (C=O) groups is 1. The Morgan fingerprint density at radius 1 is 1.31 bits per heavy atom. The van der Waals surface area contributed by atoms with Gasteiger partial charge in [-0.25, -0.2) is 4.79 Å². The molecule has 0 amide bonds. The lowest BCUT2D eigenvalue weighted by molar-refractivity contribution is -0.129. The molecule has 0 heterocycles. The van der Waals surface area contributed by atoms with E-state index in [0.29, 0.717) is 10.6 Å². The van der Waals surface area contributed by atoms with E-state index >= 15 is 0 Å². The molecule has 1 aromatic carbocycles. The third kappa shape index (κ3) is 2.19. The Bertz CT molecular complexity index is 345. The first-order chi connectivity index (χ1) is 6.15. The third-order valence-electron chi connectivity index (χ3n) is 1.42. The highest BCUT2D eigenvalue weighted by Crippen LogP contribution is 2.10. The van der Waals surface area contributed by atoms with Crippen molar-refractivity contribution >= 4 is 23.3 Å². The monoisotopic (exact) mass is 199 g/mol. The number of halogens is 1. The van der Waals surface area contributed by atoms with E-state index < -0.39 is 11.7 Å². The molecule has 1 aromatic rings. The molecule has 4 nitrogen and oxygen atoms in total. The zero-order valence-corrected chi connectivity index (χ0v) is 7.19. The SMILES string of the molecule is O=C(O)/C(=N\O)c1ccc(Cl)cc1. The maximum atomic E-state index is 10.5. The van der Waals surface area contributed by atoms with Gasteiger partial charge < -0.3 is 10.3 Å². The molecule has 0 bridgehead atoms. The van der Waals surface area contributed by atoms with E-state index in [1.807, 2.05) is 0 Å². The fourth-order valence-electron chi connectivity index (χ4n) is 0.832. The first-order valence-corrected chi connectivity index (χ1v) is 3.74. The molecule has 0 unspecified atom stereocenters. The predicted octanol–water partition coefficient (Wildman–Crippen LogP) is 1.60. The number of aliphatic carboxylic acids is 1. The molecule has 0 radical (unpaired) electrons. The van der Waals surface area contributed by atoms with E-state index in [-0.39, 0.29) is 0 Å². The van der Waals surface area contributed by atoms with Crippen LogP contribution in [0.1, 0.15) is 5.56 Å². The minimum absolute atomic E-state index is 0.305. The summed E-state index contributed by atoms with van der Waals surface area (Å²) in [5.74, 6) is -1.29. The van der Waals surface area contributed by atoms with Crippen LogP contribution < -0.4 is 0 Å². The van der Waals surface area contributed by atoms with Crippen LogP contribution in [0.5, 0.6) is 0 Å². The molecule has 0 aliphatic carbocycles. The topological polar surface area (TPSA) is 69.9 Å². The van der Waals surface area contributed by atoms with Crippen molar-refractivity contribution in [3.05, 3.63) is 34.9 Å². The standard InChI is InChI=1S/C8H6ClNO3/c9-6-3-1-5(2-4-6)7(10-13)8(11)12/h1-4,13H,(H,11,12)/b10-7-. The number of carboxylic acid groups (broad SMARTS) is 1. The zero-order valence-electron chi connectivity index (χ0n) is 6.44. The average molecular weight is 200 g/mol. The number of hydrogen-bond acceptors (Lipinski definition) is 3. The van der Waals surface area contributed by atoms with Gasteiger partial charge in [0.1, 0.15) is 0 Å². The fourth-order valence-corrected chi connectivity index (χ4v) is 0.958. The summed E-state index contributed by atoms with van der Waals surface area (Å²) in [6.45, 7) is 0. The zero-order chi connectivity index (χ0) is 9.84. The highest BCUT2D eigenvalue weighted by Gasteiger charge is 2.12. The Labute approximate surface area is 79.1 Å². The largest absolute Gasteiger partial charge is 0.476 e. The maximum absolute atomic E-state index is 10.5. The summed E-state index contributed by atoms with van der Waals surface area (Å²) in [4.78, 5) is 10.5. The molecule has 0 aliphatic heterocycles. The number of oxime groups is 1. The highest BCUT2D eigenvalue weighted by molar-refractivity contribution is 6.42. The lowest BCUT2D eigenvalue weighted by Gasteiger charge is -1.98. The van der Waals surface area contributed by atoms with Crippen molar-refractivity contribution in [3.8, 4) is 0 Å². The van der Waals surface area contributed by atoms with Gasteiger partial charge in [-0.15, -0.1) is 0 Å². The van der Waals surface area contributed by atoms with Crippen LogP contribution in [-0.2, 0) is 4.79 Å². The quantitative estimate of drug-likeness (QED) is 0.432. The smallest absolute Gasteiger partial charge is 0.358 e. The number of rotatable bonds is 2. The lowest BCUT2D eigenvalue weighted by Crippen LogP contribution is -2.14. The predicted molar refractivity (Wildman–Crippen MR) is 47.4 cm³/mol. The summed E-state index contributed by atoms with van der Waals surface area (Å²) in [5, 5.41) is 20.1. The van der Waals surface area contributed by atoms with Gasteiger partial charge in [0.25, 0.3) is 0 Å². The Balaban J connectivity index is 3.07. The first-order valence-electron chi connectivity index (χ1n) is 3.36. The number of nitrogens with zero attached hydrogens (tertiary/aromatic N) is 1. The van der Waals surface area contributed by atoms with Gasteiger partial charge in [-0.3, -0.25) is 0 Å². The number of benzene rings is 1. The Morgan fingerprint density at radius 3 is 2.23 bits per heavy atom. The van der Waals surface area contributed by atoms with Crippen molar-refractivity contribution in [2.24, 2.45) is 5.16 Å². The minimum atomic E-state index is -1.29. The summed E-state index contributed by atoms with van der Waals surface area (Å²) < 4.78 is 0. The maximum Gasteiger partial charge on any atom is 0.358 e. The van der Waals surface area contributed by atoms with Gasteiger partial charge in [-0.05, 0) is 12.1 Å². The van der Waals surface area contributed by atoms with Gasteiger partial charge in [0, 0.05) is 10.6 Å². The fraction of sp³-hybridized carbons (Fsp3) is 0. The van der Waals surface area contributed by atoms with Gasteiger partial charge in [-0.2, -0.15) is 0 Å². The number of hydrogen-bond donors (Lipinski definition) is 2. The molecule has 0 atom stereocenters. The van der Waals surface area contributed by atoms with Gasteiger partial charge in [0.15, 0.2) is 5.71 Å². The van der Waals surface area contributed by atoms with E-state index in [9.17, 15) is 4.79 Å². The minimum Gasteiger partial charge on any atom is -0.476 e. The second-order valence-corrected chi connectivity index (χ2v) is 2.70. The summed E-state index contributed by atoms with van der Waals surface area (Å²) in [7, 11) is 0. The Morgan fingerprint density at radius 2 is 1.85 bits per heavy atom. The molecular formula is C8H6ClNO3. The van der Waals surface area contributed by atoms with E-state index in [1.165, 1.54) is 24.3 Å². The second kappa shape index (κ2) is 3.91. The van der Waals surface area contributed by atoms with Gasteiger partial charge in [0.05, 0.1) is 0 Å². The van der Waals surface area contributed by atoms with Crippen LogP contribution >= 0.6 is 11.6 Å². The van der Waals surface area contributed by atoms with Crippen LogP contribution in [0.15, 0.2) is 29.4 Å². The van der Waals surface area contributed by atoms with Crippen molar-refractivity contribution in [3.63, 3.8) is 0 Å². The summed E-state index contributed by atoms with van der Waals surface area (Å²) >= 11 is 5.59. The molecule has 5 heteroatoms. The lowest BCUT2D eigenvalue weighted by atomic mass is 10.1. The average Bonchev–Trinajstić information content (AvgIpc) is 2.09. The van der Waals surface area contributed by atoms with Gasteiger partial charge >= 0.3 is 5.97 Å². The van der Waals surface area contributed by atoms with Crippen molar-refractivity contribution in [2.75, 3.05) is 0 Å². The Kier molecular flexibility index (Phi) is 2.87. The van der Waals surface area contributed by atoms with E-state index in [4.69, 9.17) is 21.9 Å². The summed E-state index contributed by atoms with van der Waals surface area (Å²) in [6.07, 6.45) is 0. The molecule has 13 heavy (non-hydrogen) atoms. The molecule has 0 fully saturated rings. The second-order valence-electron chi connectivity index (χ2n) is 2.26. The molecule has 0 aliphatic rings. The van der Waals surface area contributed by atoms with Crippen molar-refractivity contribution in [1.29, 1.82) is 0 Å². The van der Waals surface area contributed by atoms with Crippen LogP contribution in [0, 0.1) is 0 Å². The van der Waals surface area contributed by atoms with Gasteiger partial charge in [-0.1, -0.05) is 28.9 Å². The Hall–Kier alpha value is -1.55. The first kappa shape index (κ1) is 9.54. The molecule has 0 spiro atoms. The van der Waals surface area contributed by atoms with Crippen LogP contribution in [0.25, 0.3) is 0 Å². The van der Waals surface area contributed by atoms with Crippen LogP contribution in [0.2, 0.25) is 5.02 Å². The van der Waals surface area contributed by atoms with Gasteiger partial charge in [0.2, 0.25) is 0 Å². The van der Waals surface area contributed by atoms with Crippen LogP contribution in [0.4, 0.5) is 0 Å². The molecule has 0 aromatic heterocycles. The van der Waals surface area contributed by atoms with Crippen molar-refractivity contribution in [2.45, 2.75) is 0 Å².